The lowest BCUT2D eigenvalue weighted by Crippen LogP contribution is -2.35. The lowest BCUT2D eigenvalue weighted by molar-refractivity contribution is -0.140. The molecule has 0 spiro atoms. The van der Waals surface area contributed by atoms with Gasteiger partial charge in [0, 0.05) is 18.2 Å². The largest absolute Gasteiger partial charge is 0.469 e. The summed E-state index contributed by atoms with van der Waals surface area (Å²) in [5.74, 6) is -0.275. The standard InChI is InChI=1S/C14H17NO3/c1-18-13(16)9-10-15(12-7-8-12)14(17)11-5-3-2-4-6-11/h2-6,12H,7-10H2,1H3. The Morgan fingerprint density at radius 1 is 1.28 bits per heavy atom. The average molecular weight is 247 g/mol. The van der Waals surface area contributed by atoms with Gasteiger partial charge in [-0.1, -0.05) is 18.2 Å². The molecule has 1 aromatic rings. The summed E-state index contributed by atoms with van der Waals surface area (Å²) >= 11 is 0. The quantitative estimate of drug-likeness (QED) is 0.746. The Kier molecular flexibility index (Phi) is 3.97. The van der Waals surface area contributed by atoms with Crippen LogP contribution in [0.2, 0.25) is 0 Å². The first kappa shape index (κ1) is 12.6. The highest BCUT2D eigenvalue weighted by Crippen LogP contribution is 2.28. The Labute approximate surface area is 107 Å². The molecule has 4 nitrogen and oxygen atoms in total. The predicted molar refractivity (Wildman–Crippen MR) is 67.1 cm³/mol. The Balaban J connectivity index is 2.01. The maximum Gasteiger partial charge on any atom is 0.307 e. The Bertz CT molecular complexity index is 426. The first-order valence-electron chi connectivity index (χ1n) is 6.15. The number of hydrogen-bond donors (Lipinski definition) is 0. The van der Waals surface area contributed by atoms with Crippen molar-refractivity contribution in [1.29, 1.82) is 0 Å². The molecule has 1 fully saturated rings. The van der Waals surface area contributed by atoms with Crippen molar-refractivity contribution >= 4 is 11.9 Å². The Morgan fingerprint density at radius 2 is 1.94 bits per heavy atom. The van der Waals surface area contributed by atoms with E-state index in [9.17, 15) is 9.59 Å². The number of hydrogen-bond acceptors (Lipinski definition) is 3. The van der Waals surface area contributed by atoms with Gasteiger partial charge in [-0.25, -0.2) is 0 Å². The molecule has 1 amide bonds. The maximum absolute atomic E-state index is 12.3. The fourth-order valence-corrected chi connectivity index (χ4v) is 1.90. The van der Waals surface area contributed by atoms with Crippen LogP contribution in [0.25, 0.3) is 0 Å². The number of methoxy groups -OCH3 is 1. The third-order valence-corrected chi connectivity index (χ3v) is 3.05. The lowest BCUT2D eigenvalue weighted by atomic mass is 10.2. The van der Waals surface area contributed by atoms with Gasteiger partial charge in [-0.3, -0.25) is 9.59 Å². The van der Waals surface area contributed by atoms with Crippen molar-refractivity contribution in [1.82, 2.24) is 4.90 Å². The molecular weight excluding hydrogens is 230 g/mol. The first-order chi connectivity index (χ1) is 8.72. The van der Waals surface area contributed by atoms with Crippen molar-refractivity contribution < 1.29 is 14.3 Å². The molecule has 2 rings (SSSR count). The smallest absolute Gasteiger partial charge is 0.307 e. The number of carbonyl (C=O) groups is 2. The summed E-state index contributed by atoms with van der Waals surface area (Å²) in [5.41, 5.74) is 0.675. The number of amides is 1. The summed E-state index contributed by atoms with van der Waals surface area (Å²) < 4.78 is 4.61. The molecule has 1 aromatic carbocycles. The maximum atomic E-state index is 12.3. The van der Waals surface area contributed by atoms with E-state index in [0.29, 0.717) is 18.2 Å². The van der Waals surface area contributed by atoms with Gasteiger partial charge >= 0.3 is 5.97 Å². The summed E-state index contributed by atoms with van der Waals surface area (Å²) in [6.07, 6.45) is 2.31. The van der Waals surface area contributed by atoms with Crippen LogP contribution in [0.5, 0.6) is 0 Å². The molecular formula is C14H17NO3. The van der Waals surface area contributed by atoms with Crippen LogP contribution in [0.15, 0.2) is 30.3 Å². The van der Waals surface area contributed by atoms with Gasteiger partial charge in [0.2, 0.25) is 0 Å². The molecule has 0 heterocycles. The summed E-state index contributed by atoms with van der Waals surface area (Å²) in [6, 6.07) is 9.47. The number of benzene rings is 1. The van der Waals surface area contributed by atoms with E-state index in [1.54, 1.807) is 17.0 Å². The van der Waals surface area contributed by atoms with Crippen LogP contribution < -0.4 is 0 Å². The van der Waals surface area contributed by atoms with E-state index in [2.05, 4.69) is 4.74 Å². The second-order valence-corrected chi connectivity index (χ2v) is 4.42. The van der Waals surface area contributed by atoms with Gasteiger partial charge in [-0.05, 0) is 25.0 Å². The van der Waals surface area contributed by atoms with Crippen molar-refractivity contribution in [3.63, 3.8) is 0 Å². The zero-order chi connectivity index (χ0) is 13.0. The zero-order valence-corrected chi connectivity index (χ0v) is 10.5. The fourth-order valence-electron chi connectivity index (χ4n) is 1.90. The highest BCUT2D eigenvalue weighted by Gasteiger charge is 2.33. The van der Waals surface area contributed by atoms with E-state index in [4.69, 9.17) is 0 Å². The van der Waals surface area contributed by atoms with E-state index in [-0.39, 0.29) is 18.3 Å². The monoisotopic (exact) mass is 247 g/mol. The van der Waals surface area contributed by atoms with Crippen molar-refractivity contribution in [2.75, 3.05) is 13.7 Å². The van der Waals surface area contributed by atoms with Gasteiger partial charge < -0.3 is 9.64 Å². The SMILES string of the molecule is COC(=O)CCN(C(=O)c1ccccc1)C1CC1. The molecule has 0 radical (unpaired) electrons. The van der Waals surface area contributed by atoms with Crippen LogP contribution in [0.1, 0.15) is 29.6 Å². The summed E-state index contributed by atoms with van der Waals surface area (Å²) in [5, 5.41) is 0. The average Bonchev–Trinajstić information content (AvgIpc) is 3.24. The van der Waals surface area contributed by atoms with Gasteiger partial charge in [0.1, 0.15) is 0 Å². The molecule has 0 unspecified atom stereocenters. The molecule has 18 heavy (non-hydrogen) atoms. The first-order valence-corrected chi connectivity index (χ1v) is 6.15. The van der Waals surface area contributed by atoms with Gasteiger partial charge in [0.05, 0.1) is 13.5 Å². The van der Waals surface area contributed by atoms with E-state index in [0.717, 1.165) is 12.8 Å². The van der Waals surface area contributed by atoms with Crippen molar-refractivity contribution in [3.05, 3.63) is 35.9 Å². The number of carbonyl (C=O) groups excluding carboxylic acids is 2. The summed E-state index contributed by atoms with van der Waals surface area (Å²) in [6.45, 7) is 0.436. The number of nitrogens with zero attached hydrogens (tertiary/aromatic N) is 1. The van der Waals surface area contributed by atoms with Crippen LogP contribution in [-0.4, -0.2) is 36.5 Å². The van der Waals surface area contributed by atoms with Gasteiger partial charge in [-0.2, -0.15) is 0 Å². The zero-order valence-electron chi connectivity index (χ0n) is 10.5. The molecule has 0 atom stereocenters. The Morgan fingerprint density at radius 3 is 2.50 bits per heavy atom. The van der Waals surface area contributed by atoms with Gasteiger partial charge in [-0.15, -0.1) is 0 Å². The summed E-state index contributed by atoms with van der Waals surface area (Å²) in [7, 11) is 1.36. The van der Waals surface area contributed by atoms with Gasteiger partial charge in [0.25, 0.3) is 5.91 Å². The number of esters is 1. The van der Waals surface area contributed by atoms with Crippen LogP contribution in [0, 0.1) is 0 Å². The van der Waals surface area contributed by atoms with Crippen molar-refractivity contribution in [2.45, 2.75) is 25.3 Å². The highest BCUT2D eigenvalue weighted by atomic mass is 16.5. The van der Waals surface area contributed by atoms with E-state index in [1.807, 2.05) is 18.2 Å². The number of rotatable bonds is 5. The molecule has 1 aliphatic rings. The lowest BCUT2D eigenvalue weighted by Gasteiger charge is -2.21. The van der Waals surface area contributed by atoms with Crippen LogP contribution in [-0.2, 0) is 9.53 Å². The molecule has 1 aliphatic carbocycles. The van der Waals surface area contributed by atoms with E-state index in [1.165, 1.54) is 7.11 Å². The molecule has 1 saturated carbocycles. The second kappa shape index (κ2) is 5.67. The third-order valence-electron chi connectivity index (χ3n) is 3.05. The Hall–Kier alpha value is -1.84. The molecule has 0 aliphatic heterocycles. The predicted octanol–water partition coefficient (Wildman–Crippen LogP) is 1.85. The summed E-state index contributed by atoms with van der Waals surface area (Å²) in [4.78, 5) is 25.2. The second-order valence-electron chi connectivity index (χ2n) is 4.42. The highest BCUT2D eigenvalue weighted by molar-refractivity contribution is 5.94. The minimum atomic E-state index is -0.276. The number of ether oxygens (including phenoxy) is 1. The minimum absolute atomic E-state index is 0.00185. The topological polar surface area (TPSA) is 46.6 Å². The molecule has 0 N–H and O–H groups in total. The van der Waals surface area contributed by atoms with Crippen LogP contribution >= 0.6 is 0 Å². The minimum Gasteiger partial charge on any atom is -0.469 e. The third kappa shape index (κ3) is 3.09. The van der Waals surface area contributed by atoms with E-state index >= 15 is 0 Å². The fraction of sp³-hybridized carbons (Fsp3) is 0.429. The molecule has 0 bridgehead atoms. The normalized spacial score (nSPS) is 14.1. The molecule has 0 saturated heterocycles. The van der Waals surface area contributed by atoms with Crippen LogP contribution in [0.3, 0.4) is 0 Å². The van der Waals surface area contributed by atoms with Crippen molar-refractivity contribution in [2.24, 2.45) is 0 Å². The molecule has 0 aromatic heterocycles. The van der Waals surface area contributed by atoms with Crippen LogP contribution in [0.4, 0.5) is 0 Å². The van der Waals surface area contributed by atoms with E-state index < -0.39 is 0 Å². The molecule has 4 heteroatoms. The molecule has 96 valence electrons. The van der Waals surface area contributed by atoms with Crippen molar-refractivity contribution in [3.8, 4) is 0 Å². The van der Waals surface area contributed by atoms with Gasteiger partial charge in [0.15, 0.2) is 0 Å².